The Bertz CT molecular complexity index is 865. The number of carbonyl (C=O) groups is 2. The number of hydrogen-bond donors (Lipinski definition) is 0. The molecule has 0 aliphatic carbocycles. The minimum atomic E-state index is -3.64. The fourth-order valence-corrected chi connectivity index (χ4v) is 5.33. The van der Waals surface area contributed by atoms with Gasteiger partial charge in [-0.3, -0.25) is 9.59 Å². The Kier molecular flexibility index (Phi) is 10.2. The van der Waals surface area contributed by atoms with Crippen molar-refractivity contribution in [3.8, 4) is 5.75 Å². The molecule has 2 rings (SSSR count). The quantitative estimate of drug-likeness (QED) is 0.450. The first-order valence-electron chi connectivity index (χ1n) is 11.7. The lowest BCUT2D eigenvalue weighted by molar-refractivity contribution is -0.156. The largest absolute Gasteiger partial charge is 0.494 e. The third kappa shape index (κ3) is 7.99. The van der Waals surface area contributed by atoms with E-state index in [1.807, 2.05) is 34.6 Å². The van der Waals surface area contributed by atoms with Gasteiger partial charge in [-0.05, 0) is 55.9 Å². The lowest BCUT2D eigenvalue weighted by Gasteiger charge is -2.30. The van der Waals surface area contributed by atoms with Crippen molar-refractivity contribution in [3.05, 3.63) is 24.3 Å². The van der Waals surface area contributed by atoms with Crippen LogP contribution in [-0.2, 0) is 24.3 Å². The smallest absolute Gasteiger partial charge is 0.309 e. The van der Waals surface area contributed by atoms with Crippen LogP contribution in [0.15, 0.2) is 29.2 Å². The third-order valence-corrected chi connectivity index (χ3v) is 7.33. The molecule has 9 heteroatoms. The van der Waals surface area contributed by atoms with Gasteiger partial charge in [0.2, 0.25) is 10.0 Å². The molecule has 1 aliphatic rings. The zero-order chi connectivity index (χ0) is 24.6. The van der Waals surface area contributed by atoms with E-state index in [-0.39, 0.29) is 30.5 Å². The number of esters is 1. The van der Waals surface area contributed by atoms with Crippen molar-refractivity contribution in [2.75, 3.05) is 39.4 Å². The molecule has 33 heavy (non-hydrogen) atoms. The van der Waals surface area contributed by atoms with Gasteiger partial charge in [0.05, 0.1) is 17.4 Å². The van der Waals surface area contributed by atoms with Gasteiger partial charge in [0.1, 0.15) is 5.75 Å². The molecule has 0 unspecified atom stereocenters. The highest BCUT2D eigenvalue weighted by molar-refractivity contribution is 7.89. The summed E-state index contributed by atoms with van der Waals surface area (Å²) in [5, 5.41) is 0. The highest BCUT2D eigenvalue weighted by Crippen LogP contribution is 2.26. The second kappa shape index (κ2) is 12.4. The standard InChI is InChI=1S/C24H38N2O6S/c1-6-31-21-7-9-22(10-8-21)33(29,30)26-13-11-20(12-14-26)24(28)32-17-23(27)25(15-18(2)3)16-19(4)5/h7-10,18-20H,6,11-17H2,1-5H3. The predicted molar refractivity (Wildman–Crippen MR) is 126 cm³/mol. The summed E-state index contributed by atoms with van der Waals surface area (Å²) in [6, 6.07) is 6.34. The first kappa shape index (κ1) is 27.1. The number of rotatable bonds is 11. The Hall–Kier alpha value is -2.13. The van der Waals surface area contributed by atoms with Crippen LogP contribution in [0.4, 0.5) is 0 Å². The first-order chi connectivity index (χ1) is 15.5. The molecule has 0 aromatic heterocycles. The number of carbonyl (C=O) groups excluding carboxylic acids is 2. The van der Waals surface area contributed by atoms with Crippen LogP contribution in [0.25, 0.3) is 0 Å². The van der Waals surface area contributed by atoms with Crippen molar-refractivity contribution in [1.82, 2.24) is 9.21 Å². The number of benzene rings is 1. The Morgan fingerprint density at radius 1 is 1.03 bits per heavy atom. The van der Waals surface area contributed by atoms with Gasteiger partial charge in [-0.2, -0.15) is 4.31 Å². The fraction of sp³-hybridized carbons (Fsp3) is 0.667. The maximum Gasteiger partial charge on any atom is 0.309 e. The molecular formula is C24H38N2O6S. The van der Waals surface area contributed by atoms with Crippen molar-refractivity contribution < 1.29 is 27.5 Å². The van der Waals surface area contributed by atoms with Gasteiger partial charge in [-0.1, -0.05) is 27.7 Å². The lowest BCUT2D eigenvalue weighted by atomic mass is 9.98. The van der Waals surface area contributed by atoms with Crippen LogP contribution in [0.3, 0.4) is 0 Å². The maximum atomic E-state index is 12.9. The summed E-state index contributed by atoms with van der Waals surface area (Å²) in [5.74, 6) is 0.230. The molecule has 0 N–H and O–H groups in total. The molecule has 1 amide bonds. The minimum absolute atomic E-state index is 0.193. The fourth-order valence-electron chi connectivity index (χ4n) is 3.86. The molecule has 1 saturated heterocycles. The normalized spacial score (nSPS) is 15.6. The van der Waals surface area contributed by atoms with Crippen LogP contribution >= 0.6 is 0 Å². The van der Waals surface area contributed by atoms with E-state index in [1.54, 1.807) is 17.0 Å². The Balaban J connectivity index is 1.88. The summed E-state index contributed by atoms with van der Waals surface area (Å²) in [5.41, 5.74) is 0. The molecule has 1 aromatic rings. The summed E-state index contributed by atoms with van der Waals surface area (Å²) in [4.78, 5) is 27.0. The van der Waals surface area contributed by atoms with E-state index >= 15 is 0 Å². The number of hydrogen-bond acceptors (Lipinski definition) is 6. The SMILES string of the molecule is CCOc1ccc(S(=O)(=O)N2CCC(C(=O)OCC(=O)N(CC(C)C)CC(C)C)CC2)cc1. The Morgan fingerprint density at radius 3 is 2.06 bits per heavy atom. The topological polar surface area (TPSA) is 93.2 Å². The third-order valence-electron chi connectivity index (χ3n) is 5.42. The summed E-state index contributed by atoms with van der Waals surface area (Å²) >= 11 is 0. The van der Waals surface area contributed by atoms with E-state index in [0.717, 1.165) is 0 Å². The second-order valence-corrected chi connectivity index (χ2v) is 11.2. The van der Waals surface area contributed by atoms with Crippen molar-refractivity contribution in [2.45, 2.75) is 52.4 Å². The molecule has 1 aliphatic heterocycles. The van der Waals surface area contributed by atoms with E-state index in [9.17, 15) is 18.0 Å². The number of sulfonamides is 1. The summed E-state index contributed by atoms with van der Waals surface area (Å²) in [6.45, 7) is 12.0. The molecule has 1 fully saturated rings. The van der Waals surface area contributed by atoms with E-state index in [0.29, 0.717) is 50.1 Å². The van der Waals surface area contributed by atoms with Gasteiger partial charge >= 0.3 is 5.97 Å². The Labute approximate surface area is 198 Å². The zero-order valence-electron chi connectivity index (χ0n) is 20.5. The molecule has 0 radical (unpaired) electrons. The van der Waals surface area contributed by atoms with Crippen molar-refractivity contribution in [3.63, 3.8) is 0 Å². The van der Waals surface area contributed by atoms with E-state index in [1.165, 1.54) is 16.4 Å². The van der Waals surface area contributed by atoms with Crippen LogP contribution < -0.4 is 4.74 Å². The van der Waals surface area contributed by atoms with Crippen molar-refractivity contribution in [1.29, 1.82) is 0 Å². The maximum absolute atomic E-state index is 12.9. The average molecular weight is 483 g/mol. The van der Waals surface area contributed by atoms with Gasteiger partial charge in [0.25, 0.3) is 5.91 Å². The first-order valence-corrected chi connectivity index (χ1v) is 13.2. The summed E-state index contributed by atoms with van der Waals surface area (Å²) in [6.07, 6.45) is 0.732. The number of ether oxygens (including phenoxy) is 2. The Morgan fingerprint density at radius 2 is 1.58 bits per heavy atom. The molecule has 0 spiro atoms. The van der Waals surface area contributed by atoms with Crippen LogP contribution in [0.2, 0.25) is 0 Å². The number of piperidine rings is 1. The van der Waals surface area contributed by atoms with Gasteiger partial charge in [-0.15, -0.1) is 0 Å². The molecule has 0 saturated carbocycles. The molecule has 0 bridgehead atoms. The highest BCUT2D eigenvalue weighted by atomic mass is 32.2. The monoisotopic (exact) mass is 482 g/mol. The second-order valence-electron chi connectivity index (χ2n) is 9.28. The highest BCUT2D eigenvalue weighted by Gasteiger charge is 2.33. The van der Waals surface area contributed by atoms with Crippen LogP contribution in [0.5, 0.6) is 5.75 Å². The molecule has 0 atom stereocenters. The molecular weight excluding hydrogens is 444 g/mol. The van der Waals surface area contributed by atoms with E-state index in [4.69, 9.17) is 9.47 Å². The molecule has 186 valence electrons. The summed E-state index contributed by atoms with van der Waals surface area (Å²) < 4.78 is 37.9. The average Bonchev–Trinajstić information content (AvgIpc) is 2.77. The van der Waals surface area contributed by atoms with Crippen LogP contribution in [0, 0.1) is 17.8 Å². The molecule has 1 heterocycles. The zero-order valence-corrected chi connectivity index (χ0v) is 21.3. The number of amides is 1. The minimum Gasteiger partial charge on any atom is -0.494 e. The van der Waals surface area contributed by atoms with E-state index in [2.05, 4.69) is 0 Å². The van der Waals surface area contributed by atoms with Crippen LogP contribution in [-0.4, -0.2) is 68.9 Å². The van der Waals surface area contributed by atoms with Gasteiger partial charge in [0, 0.05) is 26.2 Å². The van der Waals surface area contributed by atoms with Gasteiger partial charge in [-0.25, -0.2) is 8.42 Å². The van der Waals surface area contributed by atoms with Gasteiger partial charge in [0.15, 0.2) is 6.61 Å². The predicted octanol–water partition coefficient (Wildman–Crippen LogP) is 3.17. The number of nitrogens with zero attached hydrogens (tertiary/aromatic N) is 2. The van der Waals surface area contributed by atoms with E-state index < -0.39 is 21.9 Å². The summed E-state index contributed by atoms with van der Waals surface area (Å²) in [7, 11) is -3.64. The van der Waals surface area contributed by atoms with Crippen molar-refractivity contribution >= 4 is 21.9 Å². The van der Waals surface area contributed by atoms with Crippen LogP contribution in [0.1, 0.15) is 47.5 Å². The molecule has 8 nitrogen and oxygen atoms in total. The van der Waals surface area contributed by atoms with Gasteiger partial charge < -0.3 is 14.4 Å². The van der Waals surface area contributed by atoms with Crippen molar-refractivity contribution in [2.24, 2.45) is 17.8 Å². The molecule has 1 aromatic carbocycles. The lowest BCUT2D eigenvalue weighted by Crippen LogP contribution is -2.42.